The van der Waals surface area contributed by atoms with Crippen LogP contribution in [0.25, 0.3) is 22.2 Å². The molecule has 1 N–H and O–H groups in total. The second-order valence-electron chi connectivity index (χ2n) is 9.54. The fourth-order valence-corrected chi connectivity index (χ4v) is 4.43. The zero-order chi connectivity index (χ0) is 26.0. The van der Waals surface area contributed by atoms with E-state index in [1.54, 1.807) is 0 Å². The van der Waals surface area contributed by atoms with Crippen LogP contribution in [0.3, 0.4) is 0 Å². The van der Waals surface area contributed by atoms with Gasteiger partial charge < -0.3 is 14.6 Å². The van der Waals surface area contributed by atoms with Gasteiger partial charge in [-0.25, -0.2) is 4.98 Å². The molecule has 1 amide bonds. The van der Waals surface area contributed by atoms with Crippen LogP contribution in [0.2, 0.25) is 0 Å². The SMILES string of the molecule is CC(C)OC(=O)Cn1c(CCCCCNC(=O)Cc2ccc(-c3ccccc3)cc2)nc2ccccc21. The highest BCUT2D eigenvalue weighted by atomic mass is 16.5. The highest BCUT2D eigenvalue weighted by Gasteiger charge is 2.15. The number of rotatable bonds is 12. The number of nitrogens with zero attached hydrogens (tertiary/aromatic N) is 2. The first-order valence-corrected chi connectivity index (χ1v) is 13.0. The van der Waals surface area contributed by atoms with Crippen molar-refractivity contribution in [3.8, 4) is 11.1 Å². The lowest BCUT2D eigenvalue weighted by atomic mass is 10.0. The quantitative estimate of drug-likeness (QED) is 0.200. The molecule has 4 aromatic rings. The number of hydrogen-bond acceptors (Lipinski definition) is 4. The molecule has 1 heterocycles. The first kappa shape index (κ1) is 26.1. The van der Waals surface area contributed by atoms with E-state index in [0.29, 0.717) is 13.0 Å². The van der Waals surface area contributed by atoms with Crippen LogP contribution in [0.4, 0.5) is 0 Å². The first-order valence-electron chi connectivity index (χ1n) is 13.0. The van der Waals surface area contributed by atoms with Gasteiger partial charge in [-0.2, -0.15) is 0 Å². The third-order valence-corrected chi connectivity index (χ3v) is 6.21. The van der Waals surface area contributed by atoms with Crippen LogP contribution in [0.5, 0.6) is 0 Å². The maximum Gasteiger partial charge on any atom is 0.326 e. The summed E-state index contributed by atoms with van der Waals surface area (Å²) in [5.41, 5.74) is 5.16. The van der Waals surface area contributed by atoms with Gasteiger partial charge in [0.1, 0.15) is 12.4 Å². The summed E-state index contributed by atoms with van der Waals surface area (Å²) >= 11 is 0. The molecule has 0 bridgehead atoms. The van der Waals surface area contributed by atoms with Crippen molar-refractivity contribution in [1.82, 2.24) is 14.9 Å². The molecule has 0 radical (unpaired) electrons. The fourth-order valence-electron chi connectivity index (χ4n) is 4.43. The van der Waals surface area contributed by atoms with Crippen LogP contribution in [0.1, 0.15) is 44.5 Å². The zero-order valence-corrected chi connectivity index (χ0v) is 21.7. The normalized spacial score (nSPS) is 11.1. The number of carbonyl (C=O) groups is 2. The van der Waals surface area contributed by atoms with Gasteiger partial charge in [-0.1, -0.05) is 73.2 Å². The van der Waals surface area contributed by atoms with E-state index in [9.17, 15) is 9.59 Å². The average Bonchev–Trinajstić information content (AvgIpc) is 3.23. The number of aryl methyl sites for hydroxylation is 1. The number of imidazole rings is 1. The molecule has 0 aliphatic heterocycles. The Morgan fingerprint density at radius 2 is 1.57 bits per heavy atom. The number of amides is 1. The second-order valence-corrected chi connectivity index (χ2v) is 9.54. The Morgan fingerprint density at radius 3 is 2.32 bits per heavy atom. The van der Waals surface area contributed by atoms with Crippen molar-refractivity contribution in [1.29, 1.82) is 0 Å². The largest absolute Gasteiger partial charge is 0.462 e. The summed E-state index contributed by atoms with van der Waals surface area (Å²) in [4.78, 5) is 29.4. The summed E-state index contributed by atoms with van der Waals surface area (Å²) in [6.07, 6.45) is 3.80. The van der Waals surface area contributed by atoms with E-state index in [-0.39, 0.29) is 24.5 Å². The molecule has 1 aromatic heterocycles. The van der Waals surface area contributed by atoms with Crippen LogP contribution in [0, 0.1) is 0 Å². The van der Waals surface area contributed by atoms with Crippen molar-refractivity contribution >= 4 is 22.9 Å². The Labute approximate surface area is 218 Å². The molecule has 0 atom stereocenters. The molecule has 6 nitrogen and oxygen atoms in total. The number of unbranched alkanes of at least 4 members (excludes halogenated alkanes) is 2. The van der Waals surface area contributed by atoms with Gasteiger partial charge in [-0.3, -0.25) is 9.59 Å². The van der Waals surface area contributed by atoms with Crippen molar-refractivity contribution < 1.29 is 14.3 Å². The molecule has 0 saturated heterocycles. The lowest BCUT2D eigenvalue weighted by molar-refractivity contribution is -0.148. The summed E-state index contributed by atoms with van der Waals surface area (Å²) in [5, 5.41) is 3.03. The molecule has 0 fully saturated rings. The van der Waals surface area contributed by atoms with E-state index in [1.807, 2.05) is 73.0 Å². The lowest BCUT2D eigenvalue weighted by Gasteiger charge is -2.11. The minimum atomic E-state index is -0.253. The highest BCUT2D eigenvalue weighted by molar-refractivity contribution is 5.79. The van der Waals surface area contributed by atoms with Crippen LogP contribution in [0.15, 0.2) is 78.9 Å². The second kappa shape index (κ2) is 12.9. The summed E-state index contributed by atoms with van der Waals surface area (Å²) in [6, 6.07) is 26.2. The molecule has 0 saturated carbocycles. The summed E-state index contributed by atoms with van der Waals surface area (Å²) < 4.78 is 7.31. The minimum absolute atomic E-state index is 0.0397. The van der Waals surface area contributed by atoms with Crippen molar-refractivity contribution in [3.63, 3.8) is 0 Å². The van der Waals surface area contributed by atoms with Crippen molar-refractivity contribution in [2.45, 2.75) is 58.6 Å². The van der Waals surface area contributed by atoms with Crippen molar-refractivity contribution in [2.24, 2.45) is 0 Å². The Kier molecular flexibility index (Phi) is 9.08. The molecule has 4 rings (SSSR count). The third-order valence-electron chi connectivity index (χ3n) is 6.21. The van der Waals surface area contributed by atoms with E-state index >= 15 is 0 Å². The zero-order valence-electron chi connectivity index (χ0n) is 21.7. The predicted molar refractivity (Wildman–Crippen MR) is 147 cm³/mol. The maximum absolute atomic E-state index is 12.4. The fraction of sp³-hybridized carbons (Fsp3) is 0.323. The summed E-state index contributed by atoms with van der Waals surface area (Å²) in [6.45, 7) is 4.52. The maximum atomic E-state index is 12.4. The van der Waals surface area contributed by atoms with Gasteiger partial charge in [0.2, 0.25) is 5.91 Å². The van der Waals surface area contributed by atoms with Crippen LogP contribution in [-0.4, -0.2) is 34.1 Å². The number of fused-ring (bicyclic) bond motifs is 1. The smallest absolute Gasteiger partial charge is 0.326 e. The van der Waals surface area contributed by atoms with Crippen LogP contribution in [-0.2, 0) is 33.7 Å². The molecule has 0 spiro atoms. The molecule has 192 valence electrons. The molecule has 0 unspecified atom stereocenters. The number of hydrogen-bond donors (Lipinski definition) is 1. The van der Waals surface area contributed by atoms with Gasteiger partial charge in [-0.15, -0.1) is 0 Å². The van der Waals surface area contributed by atoms with E-state index in [4.69, 9.17) is 9.72 Å². The van der Waals surface area contributed by atoms with Gasteiger partial charge in [-0.05, 0) is 55.5 Å². The Morgan fingerprint density at radius 1 is 0.865 bits per heavy atom. The number of esters is 1. The molecule has 0 aliphatic rings. The van der Waals surface area contributed by atoms with Gasteiger partial charge in [0.25, 0.3) is 0 Å². The number of benzene rings is 3. The Balaban J connectivity index is 1.20. The topological polar surface area (TPSA) is 73.2 Å². The minimum Gasteiger partial charge on any atom is -0.462 e. The monoisotopic (exact) mass is 497 g/mol. The number of para-hydroxylation sites is 2. The number of aromatic nitrogens is 2. The first-order chi connectivity index (χ1) is 18.0. The van der Waals surface area contributed by atoms with Gasteiger partial charge in [0.15, 0.2) is 0 Å². The number of ether oxygens (including phenoxy) is 1. The van der Waals surface area contributed by atoms with Crippen molar-refractivity contribution in [3.05, 3.63) is 90.3 Å². The Hall–Kier alpha value is -3.93. The highest BCUT2D eigenvalue weighted by Crippen LogP contribution is 2.20. The molecular formula is C31H35N3O3. The van der Waals surface area contributed by atoms with Gasteiger partial charge in [0.05, 0.1) is 23.6 Å². The van der Waals surface area contributed by atoms with Gasteiger partial charge in [0, 0.05) is 13.0 Å². The van der Waals surface area contributed by atoms with Crippen LogP contribution < -0.4 is 5.32 Å². The van der Waals surface area contributed by atoms with Gasteiger partial charge >= 0.3 is 5.97 Å². The molecule has 37 heavy (non-hydrogen) atoms. The standard InChI is InChI=1S/C31H35N3O3/c1-23(2)37-31(36)22-34-28-14-9-8-13-27(28)33-29(34)15-7-4-10-20-32-30(35)21-24-16-18-26(19-17-24)25-11-5-3-6-12-25/h3,5-6,8-9,11-14,16-19,23H,4,7,10,15,20-22H2,1-2H3,(H,32,35). The molecule has 3 aromatic carbocycles. The third kappa shape index (κ3) is 7.53. The van der Waals surface area contributed by atoms with E-state index in [0.717, 1.165) is 53.7 Å². The van der Waals surface area contributed by atoms with E-state index in [1.165, 1.54) is 5.56 Å². The van der Waals surface area contributed by atoms with Crippen molar-refractivity contribution in [2.75, 3.05) is 6.54 Å². The average molecular weight is 498 g/mol. The summed E-state index contributed by atoms with van der Waals surface area (Å²) in [5.74, 6) is 0.680. The molecular weight excluding hydrogens is 462 g/mol. The number of nitrogens with one attached hydrogen (secondary N) is 1. The van der Waals surface area contributed by atoms with E-state index < -0.39 is 0 Å². The Bertz CT molecular complexity index is 1310. The summed E-state index contributed by atoms with van der Waals surface area (Å²) in [7, 11) is 0. The molecule has 0 aliphatic carbocycles. The lowest BCUT2D eigenvalue weighted by Crippen LogP contribution is -2.26. The van der Waals surface area contributed by atoms with E-state index in [2.05, 4.69) is 29.6 Å². The number of carbonyl (C=O) groups excluding carboxylic acids is 2. The predicted octanol–water partition coefficient (Wildman–Crippen LogP) is 5.73. The molecule has 6 heteroatoms. The van der Waals surface area contributed by atoms with Crippen LogP contribution >= 0.6 is 0 Å².